The van der Waals surface area contributed by atoms with Crippen molar-refractivity contribution in [1.82, 2.24) is 14.8 Å². The fraction of sp³-hybridized carbons (Fsp3) is 0.444. The number of anilines is 2. The lowest BCUT2D eigenvalue weighted by Gasteiger charge is -2.32. The van der Waals surface area contributed by atoms with Crippen molar-refractivity contribution in [2.45, 2.75) is 19.8 Å². The lowest BCUT2D eigenvalue weighted by molar-refractivity contribution is -0.132. The molecule has 3 rings (SSSR count). The molecule has 5 nitrogen and oxygen atoms in total. The smallest absolute Gasteiger partial charge is 0.228 e. The number of carbonyl (C=O) groups excluding carboxylic acids is 1. The first kappa shape index (κ1) is 16.9. The van der Waals surface area contributed by atoms with E-state index in [0.29, 0.717) is 6.42 Å². The Morgan fingerprint density at radius 3 is 2.58 bits per heavy atom. The SMILES string of the molecule is CCc1ccc(Nc2nc(CC(=O)N3CCN(C)CC3)cs2)cc1. The van der Waals surface area contributed by atoms with Gasteiger partial charge in [-0.15, -0.1) is 11.3 Å². The molecule has 0 saturated carbocycles. The number of hydrogen-bond acceptors (Lipinski definition) is 5. The molecule has 1 aliphatic heterocycles. The highest BCUT2D eigenvalue weighted by molar-refractivity contribution is 7.13. The van der Waals surface area contributed by atoms with Crippen LogP contribution in [0.4, 0.5) is 10.8 Å². The predicted molar refractivity (Wildman–Crippen MR) is 99.0 cm³/mol. The number of aryl methyl sites for hydroxylation is 1. The molecule has 0 unspecified atom stereocenters. The molecule has 6 heteroatoms. The quantitative estimate of drug-likeness (QED) is 0.906. The number of likely N-dealkylation sites (N-methyl/N-ethyl adjacent to an activating group) is 1. The van der Waals surface area contributed by atoms with E-state index >= 15 is 0 Å². The molecule has 0 spiro atoms. The molecule has 2 heterocycles. The highest BCUT2D eigenvalue weighted by atomic mass is 32.1. The summed E-state index contributed by atoms with van der Waals surface area (Å²) in [5.74, 6) is 0.173. The number of nitrogens with zero attached hydrogens (tertiary/aromatic N) is 3. The minimum absolute atomic E-state index is 0.173. The van der Waals surface area contributed by atoms with E-state index in [1.165, 1.54) is 5.56 Å². The number of aromatic nitrogens is 1. The van der Waals surface area contributed by atoms with Crippen molar-refractivity contribution < 1.29 is 4.79 Å². The molecule has 1 N–H and O–H groups in total. The Bertz CT molecular complexity index is 675. The number of benzene rings is 1. The van der Waals surface area contributed by atoms with Gasteiger partial charge < -0.3 is 15.1 Å². The van der Waals surface area contributed by atoms with Crippen LogP contribution >= 0.6 is 11.3 Å². The van der Waals surface area contributed by atoms with Crippen LogP contribution in [0, 0.1) is 0 Å². The summed E-state index contributed by atoms with van der Waals surface area (Å²) in [4.78, 5) is 21.1. The average Bonchev–Trinajstić information content (AvgIpc) is 3.03. The Morgan fingerprint density at radius 2 is 1.92 bits per heavy atom. The lowest BCUT2D eigenvalue weighted by atomic mass is 10.1. The van der Waals surface area contributed by atoms with Crippen molar-refractivity contribution in [1.29, 1.82) is 0 Å². The maximum absolute atomic E-state index is 12.4. The van der Waals surface area contributed by atoms with Crippen LogP contribution in [0.1, 0.15) is 18.2 Å². The van der Waals surface area contributed by atoms with E-state index in [4.69, 9.17) is 0 Å². The molecule has 1 amide bonds. The second kappa shape index (κ2) is 7.77. The minimum atomic E-state index is 0.173. The van der Waals surface area contributed by atoms with Gasteiger partial charge >= 0.3 is 0 Å². The molecule has 1 aliphatic rings. The van der Waals surface area contributed by atoms with Crippen LogP contribution in [0.25, 0.3) is 0 Å². The van der Waals surface area contributed by atoms with Crippen LogP contribution in [-0.4, -0.2) is 53.9 Å². The second-order valence-corrected chi connectivity index (χ2v) is 7.04. The fourth-order valence-corrected chi connectivity index (χ4v) is 3.45. The largest absolute Gasteiger partial charge is 0.340 e. The van der Waals surface area contributed by atoms with Crippen LogP contribution in [0.2, 0.25) is 0 Å². The Labute approximate surface area is 147 Å². The molecule has 128 valence electrons. The summed E-state index contributed by atoms with van der Waals surface area (Å²) >= 11 is 1.54. The minimum Gasteiger partial charge on any atom is -0.340 e. The molecular formula is C18H24N4OS. The van der Waals surface area contributed by atoms with Gasteiger partial charge in [0.25, 0.3) is 0 Å². The highest BCUT2D eigenvalue weighted by Gasteiger charge is 2.20. The molecule has 1 aromatic heterocycles. The van der Waals surface area contributed by atoms with E-state index in [1.807, 2.05) is 10.3 Å². The summed E-state index contributed by atoms with van der Waals surface area (Å²) in [6.45, 7) is 5.67. The number of hydrogen-bond donors (Lipinski definition) is 1. The normalized spacial score (nSPS) is 15.5. The zero-order chi connectivity index (χ0) is 16.9. The zero-order valence-electron chi connectivity index (χ0n) is 14.3. The third-order valence-corrected chi connectivity index (χ3v) is 5.16. The number of piperazine rings is 1. The molecule has 1 fully saturated rings. The van der Waals surface area contributed by atoms with Gasteiger partial charge in [-0.3, -0.25) is 4.79 Å². The van der Waals surface area contributed by atoms with Crippen molar-refractivity contribution in [2.75, 3.05) is 38.5 Å². The highest BCUT2D eigenvalue weighted by Crippen LogP contribution is 2.22. The van der Waals surface area contributed by atoms with Gasteiger partial charge in [0.05, 0.1) is 12.1 Å². The van der Waals surface area contributed by atoms with Crippen molar-refractivity contribution in [3.05, 3.63) is 40.9 Å². The van der Waals surface area contributed by atoms with Gasteiger partial charge in [0, 0.05) is 37.2 Å². The van der Waals surface area contributed by atoms with Crippen LogP contribution in [0.3, 0.4) is 0 Å². The molecular weight excluding hydrogens is 320 g/mol. The van der Waals surface area contributed by atoms with E-state index in [9.17, 15) is 4.79 Å². The van der Waals surface area contributed by atoms with Crippen LogP contribution < -0.4 is 5.32 Å². The van der Waals surface area contributed by atoms with Crippen LogP contribution in [0.5, 0.6) is 0 Å². The number of nitrogens with one attached hydrogen (secondary N) is 1. The van der Waals surface area contributed by atoms with Gasteiger partial charge in [0.2, 0.25) is 5.91 Å². The van der Waals surface area contributed by atoms with E-state index in [1.54, 1.807) is 11.3 Å². The number of amides is 1. The van der Waals surface area contributed by atoms with Gasteiger partial charge in [-0.25, -0.2) is 4.98 Å². The van der Waals surface area contributed by atoms with E-state index < -0.39 is 0 Å². The third-order valence-electron chi connectivity index (χ3n) is 4.35. The maximum atomic E-state index is 12.4. The first-order valence-electron chi connectivity index (χ1n) is 8.40. The second-order valence-electron chi connectivity index (χ2n) is 6.18. The summed E-state index contributed by atoms with van der Waals surface area (Å²) in [6, 6.07) is 8.37. The van der Waals surface area contributed by atoms with Crippen LogP contribution in [0.15, 0.2) is 29.6 Å². The van der Waals surface area contributed by atoms with Crippen molar-refractivity contribution >= 4 is 28.1 Å². The Balaban J connectivity index is 1.55. The molecule has 1 aromatic carbocycles. The Morgan fingerprint density at radius 1 is 1.21 bits per heavy atom. The summed E-state index contributed by atoms with van der Waals surface area (Å²) in [7, 11) is 2.09. The van der Waals surface area contributed by atoms with Gasteiger partial charge in [-0.2, -0.15) is 0 Å². The average molecular weight is 344 g/mol. The van der Waals surface area contributed by atoms with E-state index in [-0.39, 0.29) is 5.91 Å². The molecule has 0 bridgehead atoms. The topological polar surface area (TPSA) is 48.5 Å². The molecule has 0 aliphatic carbocycles. The number of carbonyl (C=O) groups is 1. The van der Waals surface area contributed by atoms with Gasteiger partial charge in [-0.1, -0.05) is 19.1 Å². The summed E-state index contributed by atoms with van der Waals surface area (Å²) in [5, 5.41) is 6.11. The first-order chi connectivity index (χ1) is 11.6. The fourth-order valence-electron chi connectivity index (χ4n) is 2.72. The monoisotopic (exact) mass is 344 g/mol. The number of rotatable bonds is 5. The third kappa shape index (κ3) is 4.33. The van der Waals surface area contributed by atoms with Gasteiger partial charge in [0.1, 0.15) is 0 Å². The number of thiazole rings is 1. The first-order valence-corrected chi connectivity index (χ1v) is 9.28. The van der Waals surface area contributed by atoms with Gasteiger partial charge in [0.15, 0.2) is 5.13 Å². The molecule has 0 radical (unpaired) electrons. The van der Waals surface area contributed by atoms with Gasteiger partial charge in [-0.05, 0) is 31.2 Å². The van der Waals surface area contributed by atoms with E-state index in [0.717, 1.165) is 49.1 Å². The van der Waals surface area contributed by atoms with Crippen molar-refractivity contribution in [3.8, 4) is 0 Å². The predicted octanol–water partition coefficient (Wildman–Crippen LogP) is 2.77. The Kier molecular flexibility index (Phi) is 5.48. The van der Waals surface area contributed by atoms with E-state index in [2.05, 4.69) is 53.4 Å². The summed E-state index contributed by atoms with van der Waals surface area (Å²) in [5.41, 5.74) is 3.19. The Hall–Kier alpha value is -1.92. The molecule has 0 atom stereocenters. The zero-order valence-corrected chi connectivity index (χ0v) is 15.1. The summed E-state index contributed by atoms with van der Waals surface area (Å²) in [6.07, 6.45) is 1.42. The standard InChI is InChI=1S/C18H24N4OS/c1-3-14-4-6-15(7-5-14)19-18-20-16(13-24-18)12-17(23)22-10-8-21(2)9-11-22/h4-7,13H,3,8-12H2,1-2H3,(H,19,20). The van der Waals surface area contributed by atoms with Crippen LogP contribution in [-0.2, 0) is 17.6 Å². The molecule has 24 heavy (non-hydrogen) atoms. The van der Waals surface area contributed by atoms with Crippen molar-refractivity contribution in [2.24, 2.45) is 0 Å². The maximum Gasteiger partial charge on any atom is 0.228 e. The molecule has 1 saturated heterocycles. The van der Waals surface area contributed by atoms with Crippen molar-refractivity contribution in [3.63, 3.8) is 0 Å². The lowest BCUT2D eigenvalue weighted by Crippen LogP contribution is -2.47. The molecule has 2 aromatic rings. The summed E-state index contributed by atoms with van der Waals surface area (Å²) < 4.78 is 0.